The van der Waals surface area contributed by atoms with E-state index in [0.717, 1.165) is 5.56 Å². The molecule has 7 heteroatoms. The van der Waals surface area contributed by atoms with Crippen molar-refractivity contribution in [2.24, 2.45) is 0 Å². The average Bonchev–Trinajstić information content (AvgIpc) is 2.95. The molecule has 0 spiro atoms. The lowest BCUT2D eigenvalue weighted by atomic mass is 10.1. The number of aromatic nitrogens is 1. The summed E-state index contributed by atoms with van der Waals surface area (Å²) >= 11 is 1.22. The van der Waals surface area contributed by atoms with Crippen molar-refractivity contribution in [3.63, 3.8) is 0 Å². The van der Waals surface area contributed by atoms with Gasteiger partial charge in [0.25, 0.3) is 11.8 Å². The lowest BCUT2D eigenvalue weighted by Crippen LogP contribution is -2.40. The summed E-state index contributed by atoms with van der Waals surface area (Å²) in [6.45, 7) is 5.95. The molecule has 1 aromatic heterocycles. The van der Waals surface area contributed by atoms with Crippen molar-refractivity contribution in [1.82, 2.24) is 9.88 Å². The number of ether oxygens (including phenoxy) is 1. The van der Waals surface area contributed by atoms with Gasteiger partial charge in [0, 0.05) is 18.7 Å². The Balaban J connectivity index is 1.75. The van der Waals surface area contributed by atoms with E-state index in [1.165, 1.54) is 11.3 Å². The van der Waals surface area contributed by atoms with Crippen LogP contribution in [-0.2, 0) is 4.74 Å². The van der Waals surface area contributed by atoms with Crippen LogP contribution in [0.2, 0.25) is 0 Å². The highest BCUT2D eigenvalue weighted by Gasteiger charge is 2.23. The predicted molar refractivity (Wildman–Crippen MR) is 92.7 cm³/mol. The number of nitrogens with one attached hydrogen (secondary N) is 1. The number of carbonyl (C=O) groups excluding carboxylic acids is 2. The van der Waals surface area contributed by atoms with Gasteiger partial charge >= 0.3 is 0 Å². The second-order valence-corrected chi connectivity index (χ2v) is 6.61. The van der Waals surface area contributed by atoms with Crippen LogP contribution in [0, 0.1) is 13.8 Å². The first kappa shape index (κ1) is 16.6. The smallest absolute Gasteiger partial charge is 0.266 e. The van der Waals surface area contributed by atoms with E-state index in [0.29, 0.717) is 47.6 Å². The van der Waals surface area contributed by atoms with Crippen LogP contribution < -0.4 is 5.32 Å². The van der Waals surface area contributed by atoms with E-state index in [9.17, 15) is 9.59 Å². The van der Waals surface area contributed by atoms with Crippen LogP contribution in [-0.4, -0.2) is 48.0 Å². The Morgan fingerprint density at radius 2 is 1.92 bits per heavy atom. The van der Waals surface area contributed by atoms with Crippen LogP contribution in [0.4, 0.5) is 5.13 Å². The molecule has 0 atom stereocenters. The maximum absolute atomic E-state index is 12.6. The summed E-state index contributed by atoms with van der Waals surface area (Å²) < 4.78 is 5.27. The lowest BCUT2D eigenvalue weighted by Gasteiger charge is -2.26. The standard InChI is InChI=1S/C17H19N3O3S/c1-11-5-3-4-6-13(11)15(21)19-17-18-12(2)14(24-17)16(22)20-7-9-23-10-8-20/h3-6H,7-10H2,1-2H3,(H,18,19,21). The minimum atomic E-state index is -0.216. The zero-order chi connectivity index (χ0) is 17.1. The molecule has 2 aromatic rings. The Morgan fingerprint density at radius 1 is 1.21 bits per heavy atom. The maximum atomic E-state index is 12.6. The monoisotopic (exact) mass is 345 g/mol. The first-order valence-electron chi connectivity index (χ1n) is 7.77. The van der Waals surface area contributed by atoms with Crippen LogP contribution in [0.5, 0.6) is 0 Å². The number of benzene rings is 1. The number of nitrogens with zero attached hydrogens (tertiary/aromatic N) is 2. The molecule has 0 bridgehead atoms. The first-order valence-corrected chi connectivity index (χ1v) is 8.59. The van der Waals surface area contributed by atoms with E-state index < -0.39 is 0 Å². The number of hydrogen-bond acceptors (Lipinski definition) is 5. The van der Waals surface area contributed by atoms with Gasteiger partial charge in [-0.1, -0.05) is 29.5 Å². The molecule has 3 rings (SSSR count). The first-order chi connectivity index (χ1) is 11.6. The van der Waals surface area contributed by atoms with Crippen molar-refractivity contribution >= 4 is 28.3 Å². The topological polar surface area (TPSA) is 71.5 Å². The summed E-state index contributed by atoms with van der Waals surface area (Å²) in [7, 11) is 0. The second-order valence-electron chi connectivity index (χ2n) is 5.61. The van der Waals surface area contributed by atoms with Crippen LogP contribution in [0.25, 0.3) is 0 Å². The van der Waals surface area contributed by atoms with Crippen molar-refractivity contribution in [3.8, 4) is 0 Å². The number of morpholine rings is 1. The third-order valence-corrected chi connectivity index (χ3v) is 4.96. The second kappa shape index (κ2) is 7.11. The Morgan fingerprint density at radius 3 is 2.62 bits per heavy atom. The van der Waals surface area contributed by atoms with E-state index in [2.05, 4.69) is 10.3 Å². The van der Waals surface area contributed by atoms with E-state index in [4.69, 9.17) is 4.74 Å². The molecule has 1 N–H and O–H groups in total. The molecule has 0 aliphatic carbocycles. The normalized spacial score (nSPS) is 14.5. The molecule has 0 saturated carbocycles. The Kier molecular flexibility index (Phi) is 4.92. The van der Waals surface area contributed by atoms with E-state index in [1.807, 2.05) is 25.1 Å². The van der Waals surface area contributed by atoms with E-state index in [-0.39, 0.29) is 11.8 Å². The number of hydrogen-bond donors (Lipinski definition) is 1. The minimum Gasteiger partial charge on any atom is -0.378 e. The van der Waals surface area contributed by atoms with Gasteiger partial charge in [0.1, 0.15) is 4.88 Å². The minimum absolute atomic E-state index is 0.0512. The van der Waals surface area contributed by atoms with Gasteiger partial charge in [0.15, 0.2) is 5.13 Å². The highest BCUT2D eigenvalue weighted by Crippen LogP contribution is 2.25. The van der Waals surface area contributed by atoms with Crippen LogP contribution in [0.3, 0.4) is 0 Å². The number of anilines is 1. The van der Waals surface area contributed by atoms with E-state index in [1.54, 1.807) is 17.9 Å². The number of carbonyl (C=O) groups is 2. The zero-order valence-electron chi connectivity index (χ0n) is 13.7. The van der Waals surface area contributed by atoms with Crippen LogP contribution in [0.15, 0.2) is 24.3 Å². The zero-order valence-corrected chi connectivity index (χ0v) is 14.5. The van der Waals surface area contributed by atoms with Gasteiger partial charge in [-0.25, -0.2) is 4.98 Å². The highest BCUT2D eigenvalue weighted by molar-refractivity contribution is 7.17. The molecule has 2 heterocycles. The molecule has 0 radical (unpaired) electrons. The third kappa shape index (κ3) is 3.47. The van der Waals surface area contributed by atoms with Crippen molar-refractivity contribution in [1.29, 1.82) is 0 Å². The molecule has 1 fully saturated rings. The molecule has 0 unspecified atom stereocenters. The largest absolute Gasteiger partial charge is 0.378 e. The van der Waals surface area contributed by atoms with E-state index >= 15 is 0 Å². The van der Waals surface area contributed by atoms with Gasteiger partial charge in [0.05, 0.1) is 18.9 Å². The summed E-state index contributed by atoms with van der Waals surface area (Å²) in [5, 5.41) is 3.23. The molecule has 1 aliphatic heterocycles. The summed E-state index contributed by atoms with van der Waals surface area (Å²) in [6, 6.07) is 7.36. The van der Waals surface area contributed by atoms with Crippen molar-refractivity contribution < 1.29 is 14.3 Å². The summed E-state index contributed by atoms with van der Waals surface area (Å²) in [6.07, 6.45) is 0. The molecule has 1 aliphatic rings. The quantitative estimate of drug-likeness (QED) is 0.928. The number of amides is 2. The molecule has 1 saturated heterocycles. The number of aryl methyl sites for hydroxylation is 2. The average molecular weight is 345 g/mol. The van der Waals surface area contributed by atoms with Gasteiger partial charge in [-0.15, -0.1) is 0 Å². The third-order valence-electron chi connectivity index (χ3n) is 3.90. The van der Waals surface area contributed by atoms with Gasteiger partial charge in [-0.2, -0.15) is 0 Å². The number of thiazole rings is 1. The summed E-state index contributed by atoms with van der Waals surface area (Å²) in [5.74, 6) is -0.267. The molecule has 24 heavy (non-hydrogen) atoms. The lowest BCUT2D eigenvalue weighted by molar-refractivity contribution is 0.0305. The molecular weight excluding hydrogens is 326 g/mol. The fourth-order valence-corrected chi connectivity index (χ4v) is 3.48. The number of rotatable bonds is 3. The van der Waals surface area contributed by atoms with Gasteiger partial charge in [-0.3, -0.25) is 14.9 Å². The van der Waals surface area contributed by atoms with Crippen molar-refractivity contribution in [3.05, 3.63) is 46.0 Å². The van der Waals surface area contributed by atoms with Gasteiger partial charge in [-0.05, 0) is 25.5 Å². The SMILES string of the molecule is Cc1ccccc1C(=O)Nc1nc(C)c(C(=O)N2CCOCC2)s1. The fraction of sp³-hybridized carbons (Fsp3) is 0.353. The fourth-order valence-electron chi connectivity index (χ4n) is 2.55. The molecule has 1 aromatic carbocycles. The summed E-state index contributed by atoms with van der Waals surface area (Å²) in [5.41, 5.74) is 2.14. The van der Waals surface area contributed by atoms with Crippen molar-refractivity contribution in [2.75, 3.05) is 31.6 Å². The Hall–Kier alpha value is -2.25. The Bertz CT molecular complexity index is 766. The maximum Gasteiger partial charge on any atom is 0.266 e. The molecule has 126 valence electrons. The molecule has 6 nitrogen and oxygen atoms in total. The molecule has 2 amide bonds. The summed E-state index contributed by atoms with van der Waals surface area (Å²) in [4.78, 5) is 31.6. The highest BCUT2D eigenvalue weighted by atomic mass is 32.1. The van der Waals surface area contributed by atoms with Crippen LogP contribution >= 0.6 is 11.3 Å². The predicted octanol–water partition coefficient (Wildman–Crippen LogP) is 2.48. The van der Waals surface area contributed by atoms with Crippen LogP contribution in [0.1, 0.15) is 31.3 Å². The van der Waals surface area contributed by atoms with Gasteiger partial charge in [0.2, 0.25) is 0 Å². The van der Waals surface area contributed by atoms with Crippen molar-refractivity contribution in [2.45, 2.75) is 13.8 Å². The van der Waals surface area contributed by atoms with Gasteiger partial charge < -0.3 is 9.64 Å². The molecular formula is C17H19N3O3S. The Labute approximate surface area is 144 Å².